The van der Waals surface area contributed by atoms with Gasteiger partial charge in [-0.2, -0.15) is 0 Å². The van der Waals surface area contributed by atoms with Gasteiger partial charge in [0, 0.05) is 18.1 Å². The van der Waals surface area contributed by atoms with Crippen LogP contribution >= 0.6 is 0 Å². The Kier molecular flexibility index (Phi) is 5.00. The minimum Gasteiger partial charge on any atom is -0.311 e. The van der Waals surface area contributed by atoms with Crippen LogP contribution in [0.25, 0.3) is 0 Å². The van der Waals surface area contributed by atoms with Crippen molar-refractivity contribution in [2.75, 3.05) is 13.1 Å². The topological polar surface area (TPSA) is 24.1 Å². The molecule has 1 fully saturated rings. The summed E-state index contributed by atoms with van der Waals surface area (Å²) in [6.45, 7) is 7.64. The Labute approximate surface area is 93.0 Å². The SMILES string of the molecule is CC(C)(C)NCC(F)C1CCCCCN1. The van der Waals surface area contributed by atoms with Gasteiger partial charge in [0.05, 0.1) is 0 Å². The van der Waals surface area contributed by atoms with Crippen molar-refractivity contribution in [3.8, 4) is 0 Å². The molecule has 1 aliphatic heterocycles. The summed E-state index contributed by atoms with van der Waals surface area (Å²) in [5, 5.41) is 6.53. The van der Waals surface area contributed by atoms with Crippen LogP contribution in [0.2, 0.25) is 0 Å². The van der Waals surface area contributed by atoms with Gasteiger partial charge in [0.1, 0.15) is 6.17 Å². The summed E-state index contributed by atoms with van der Waals surface area (Å²) in [5.74, 6) is 0. The van der Waals surface area contributed by atoms with Crippen LogP contribution in [-0.4, -0.2) is 30.8 Å². The highest BCUT2D eigenvalue weighted by molar-refractivity contribution is 4.82. The first-order chi connectivity index (χ1) is 6.99. The van der Waals surface area contributed by atoms with Gasteiger partial charge in [-0.05, 0) is 40.2 Å². The first-order valence-corrected chi connectivity index (χ1v) is 6.11. The van der Waals surface area contributed by atoms with Crippen LogP contribution in [-0.2, 0) is 0 Å². The Hall–Kier alpha value is -0.150. The van der Waals surface area contributed by atoms with E-state index in [4.69, 9.17) is 0 Å². The molecule has 3 heteroatoms. The Morgan fingerprint density at radius 2 is 2.07 bits per heavy atom. The zero-order valence-corrected chi connectivity index (χ0v) is 10.3. The Bertz CT molecular complexity index is 169. The van der Waals surface area contributed by atoms with Crippen LogP contribution in [0.3, 0.4) is 0 Å². The van der Waals surface area contributed by atoms with E-state index in [1.165, 1.54) is 12.8 Å². The van der Waals surface area contributed by atoms with Gasteiger partial charge in [-0.25, -0.2) is 4.39 Å². The fraction of sp³-hybridized carbons (Fsp3) is 1.00. The average Bonchev–Trinajstić information content (AvgIpc) is 2.41. The van der Waals surface area contributed by atoms with Gasteiger partial charge < -0.3 is 10.6 Å². The van der Waals surface area contributed by atoms with Crippen molar-refractivity contribution in [1.29, 1.82) is 0 Å². The van der Waals surface area contributed by atoms with Crippen LogP contribution < -0.4 is 10.6 Å². The van der Waals surface area contributed by atoms with Gasteiger partial charge in [0.15, 0.2) is 0 Å². The molecule has 0 aromatic rings. The van der Waals surface area contributed by atoms with Crippen molar-refractivity contribution >= 4 is 0 Å². The number of hydrogen-bond donors (Lipinski definition) is 2. The van der Waals surface area contributed by atoms with Crippen molar-refractivity contribution < 1.29 is 4.39 Å². The van der Waals surface area contributed by atoms with Crippen molar-refractivity contribution in [1.82, 2.24) is 10.6 Å². The summed E-state index contributed by atoms with van der Waals surface area (Å²) in [5.41, 5.74) is 0.00900. The Morgan fingerprint density at radius 3 is 2.73 bits per heavy atom. The minimum absolute atomic E-state index is 0.00900. The molecule has 0 aromatic heterocycles. The molecule has 1 heterocycles. The van der Waals surface area contributed by atoms with E-state index < -0.39 is 6.17 Å². The average molecular weight is 216 g/mol. The maximum Gasteiger partial charge on any atom is 0.128 e. The third kappa shape index (κ3) is 5.47. The standard InChI is InChI=1S/C12H25FN2/c1-12(2,3)15-9-10(13)11-7-5-4-6-8-14-11/h10-11,14-15H,4-9H2,1-3H3. The molecule has 2 atom stereocenters. The number of alkyl halides is 1. The zero-order valence-electron chi connectivity index (χ0n) is 10.3. The number of halogens is 1. The van der Waals surface area contributed by atoms with E-state index in [1.807, 2.05) is 0 Å². The van der Waals surface area contributed by atoms with Gasteiger partial charge in [-0.15, -0.1) is 0 Å². The summed E-state index contributed by atoms with van der Waals surface area (Å²) in [6.07, 6.45) is 3.81. The van der Waals surface area contributed by atoms with Gasteiger partial charge in [-0.1, -0.05) is 12.8 Å². The van der Waals surface area contributed by atoms with Crippen molar-refractivity contribution in [3.05, 3.63) is 0 Å². The molecule has 1 saturated heterocycles. The normalized spacial score (nSPS) is 26.0. The van der Waals surface area contributed by atoms with Crippen LogP contribution in [0.15, 0.2) is 0 Å². The molecule has 1 aliphatic rings. The molecule has 0 amide bonds. The van der Waals surface area contributed by atoms with Gasteiger partial charge in [-0.3, -0.25) is 0 Å². The number of nitrogens with one attached hydrogen (secondary N) is 2. The molecule has 0 bridgehead atoms. The van der Waals surface area contributed by atoms with E-state index in [-0.39, 0.29) is 11.6 Å². The predicted molar refractivity (Wildman–Crippen MR) is 62.9 cm³/mol. The quantitative estimate of drug-likeness (QED) is 0.756. The first kappa shape index (κ1) is 12.9. The van der Waals surface area contributed by atoms with Crippen molar-refractivity contribution in [2.45, 2.75) is 64.2 Å². The van der Waals surface area contributed by atoms with Gasteiger partial charge in [0.25, 0.3) is 0 Å². The van der Waals surface area contributed by atoms with Crippen LogP contribution in [0.1, 0.15) is 46.5 Å². The van der Waals surface area contributed by atoms with Crippen molar-refractivity contribution in [3.63, 3.8) is 0 Å². The molecule has 0 radical (unpaired) electrons. The molecule has 0 aliphatic carbocycles. The lowest BCUT2D eigenvalue weighted by Crippen LogP contribution is -2.47. The summed E-state index contributed by atoms with van der Waals surface area (Å²) in [4.78, 5) is 0. The first-order valence-electron chi connectivity index (χ1n) is 6.11. The van der Waals surface area contributed by atoms with E-state index in [9.17, 15) is 4.39 Å². The summed E-state index contributed by atoms with van der Waals surface area (Å²) in [6, 6.07) is 0.0577. The maximum absolute atomic E-state index is 13.9. The molecule has 2 nitrogen and oxygen atoms in total. The molecule has 1 rings (SSSR count). The summed E-state index contributed by atoms with van der Waals surface area (Å²) < 4.78 is 13.9. The third-order valence-electron chi connectivity index (χ3n) is 2.86. The Balaban J connectivity index is 2.28. The van der Waals surface area contributed by atoms with Gasteiger partial charge in [0.2, 0.25) is 0 Å². The van der Waals surface area contributed by atoms with Crippen LogP contribution in [0.4, 0.5) is 4.39 Å². The predicted octanol–water partition coefficient (Wildman–Crippen LogP) is 2.24. The van der Waals surface area contributed by atoms with Gasteiger partial charge >= 0.3 is 0 Å². The fourth-order valence-electron chi connectivity index (χ4n) is 1.91. The largest absolute Gasteiger partial charge is 0.311 e. The lowest BCUT2D eigenvalue weighted by Gasteiger charge is -2.26. The molecule has 15 heavy (non-hydrogen) atoms. The second kappa shape index (κ2) is 5.80. The van der Waals surface area contributed by atoms with E-state index in [1.54, 1.807) is 0 Å². The molecule has 0 spiro atoms. The molecule has 0 aromatic carbocycles. The molecule has 2 unspecified atom stereocenters. The maximum atomic E-state index is 13.9. The minimum atomic E-state index is -0.762. The lowest BCUT2D eigenvalue weighted by atomic mass is 10.0. The molecule has 0 saturated carbocycles. The monoisotopic (exact) mass is 216 g/mol. The molecular weight excluding hydrogens is 191 g/mol. The van der Waals surface area contributed by atoms with E-state index in [2.05, 4.69) is 31.4 Å². The summed E-state index contributed by atoms with van der Waals surface area (Å²) in [7, 11) is 0. The van der Waals surface area contributed by atoms with E-state index >= 15 is 0 Å². The van der Waals surface area contributed by atoms with Crippen LogP contribution in [0, 0.1) is 0 Å². The summed E-state index contributed by atoms with van der Waals surface area (Å²) >= 11 is 0. The highest BCUT2D eigenvalue weighted by Crippen LogP contribution is 2.13. The number of hydrogen-bond acceptors (Lipinski definition) is 2. The molecule has 90 valence electrons. The highest BCUT2D eigenvalue weighted by atomic mass is 19.1. The fourth-order valence-corrected chi connectivity index (χ4v) is 1.91. The Morgan fingerprint density at radius 1 is 1.33 bits per heavy atom. The molecule has 2 N–H and O–H groups in total. The van der Waals surface area contributed by atoms with Crippen LogP contribution in [0.5, 0.6) is 0 Å². The second-order valence-electron chi connectivity index (χ2n) is 5.56. The van der Waals surface area contributed by atoms with E-state index in [0.717, 1.165) is 19.4 Å². The smallest absolute Gasteiger partial charge is 0.128 e. The lowest BCUT2D eigenvalue weighted by molar-refractivity contribution is 0.220. The third-order valence-corrected chi connectivity index (χ3v) is 2.86. The zero-order chi connectivity index (χ0) is 11.3. The highest BCUT2D eigenvalue weighted by Gasteiger charge is 2.23. The van der Waals surface area contributed by atoms with Crippen molar-refractivity contribution in [2.24, 2.45) is 0 Å². The molecular formula is C12H25FN2. The van der Waals surface area contributed by atoms with E-state index in [0.29, 0.717) is 6.54 Å². The second-order valence-corrected chi connectivity index (χ2v) is 5.56. The number of rotatable bonds is 3.